The molecule has 0 spiro atoms. The van der Waals surface area contributed by atoms with E-state index in [9.17, 15) is 0 Å². The molecule has 0 aliphatic carbocycles. The van der Waals surface area contributed by atoms with Gasteiger partial charge in [-0.15, -0.1) is 0 Å². The molecule has 3 heteroatoms. The number of hydrogen-bond acceptors (Lipinski definition) is 2. The normalized spacial score (nSPS) is 10.4. The first-order valence-electron chi connectivity index (χ1n) is 3.57. The maximum absolute atomic E-state index is 5.81. The first-order valence-corrected chi connectivity index (χ1v) is 3.95. The summed E-state index contributed by atoms with van der Waals surface area (Å²) in [5.74, 6) is 0.523. The van der Waals surface area contributed by atoms with Gasteiger partial charge in [-0.25, -0.2) is 4.98 Å². The molecule has 0 aliphatic heterocycles. The number of nitrogens with two attached hydrogens (primary N) is 1. The lowest BCUT2D eigenvalue weighted by molar-refractivity contribution is 1.37. The van der Waals surface area contributed by atoms with Gasteiger partial charge in [0.2, 0.25) is 0 Å². The maximum Gasteiger partial charge on any atom is 0.131 e. The number of pyridine rings is 1. The molecule has 2 aromatic rings. The number of nitrogen functional groups attached to an aromatic ring is 1. The second-order valence-corrected chi connectivity index (χ2v) is 3.00. The largest absolute Gasteiger partial charge is 0.383 e. The van der Waals surface area contributed by atoms with E-state index in [0.29, 0.717) is 10.8 Å². The highest BCUT2D eigenvalue weighted by Gasteiger charge is 1.97. The summed E-state index contributed by atoms with van der Waals surface area (Å²) >= 11 is 5.81. The smallest absolute Gasteiger partial charge is 0.131 e. The summed E-state index contributed by atoms with van der Waals surface area (Å²) in [7, 11) is 0. The van der Waals surface area contributed by atoms with Gasteiger partial charge in [-0.2, -0.15) is 0 Å². The van der Waals surface area contributed by atoms with E-state index in [1.165, 1.54) is 0 Å². The third kappa shape index (κ3) is 1.10. The Balaban J connectivity index is 2.88. The van der Waals surface area contributed by atoms with Gasteiger partial charge >= 0.3 is 0 Å². The Bertz CT molecular complexity index is 426. The average molecular weight is 179 g/mol. The van der Waals surface area contributed by atoms with E-state index < -0.39 is 0 Å². The predicted octanol–water partition coefficient (Wildman–Crippen LogP) is 2.47. The summed E-state index contributed by atoms with van der Waals surface area (Å²) in [6, 6.07) is 7.49. The predicted molar refractivity (Wildman–Crippen MR) is 51.2 cm³/mol. The summed E-state index contributed by atoms with van der Waals surface area (Å²) in [4.78, 5) is 3.97. The van der Waals surface area contributed by atoms with Crippen molar-refractivity contribution in [1.82, 2.24) is 4.98 Å². The number of anilines is 1. The van der Waals surface area contributed by atoms with Crippen molar-refractivity contribution in [3.05, 3.63) is 35.5 Å². The van der Waals surface area contributed by atoms with Crippen LogP contribution >= 0.6 is 11.6 Å². The lowest BCUT2D eigenvalue weighted by atomic mass is 10.2. The molecule has 0 fully saturated rings. The Kier molecular flexibility index (Phi) is 1.62. The molecule has 0 radical (unpaired) electrons. The van der Waals surface area contributed by atoms with E-state index >= 15 is 0 Å². The highest BCUT2D eigenvalue weighted by atomic mass is 35.5. The Morgan fingerprint density at radius 3 is 2.92 bits per heavy atom. The molecule has 0 unspecified atom stereocenters. The van der Waals surface area contributed by atoms with Crippen LogP contribution in [0.15, 0.2) is 30.5 Å². The van der Waals surface area contributed by atoms with Crippen molar-refractivity contribution < 1.29 is 0 Å². The Morgan fingerprint density at radius 1 is 1.25 bits per heavy atom. The topological polar surface area (TPSA) is 38.9 Å². The molecule has 2 nitrogen and oxygen atoms in total. The molecule has 1 aromatic carbocycles. The SMILES string of the molecule is Nc1nccc2ccc(Cl)cc12. The monoisotopic (exact) mass is 178 g/mol. The van der Waals surface area contributed by atoms with Crippen LogP contribution in [-0.4, -0.2) is 4.98 Å². The van der Waals surface area contributed by atoms with Crippen LogP contribution in [0, 0.1) is 0 Å². The van der Waals surface area contributed by atoms with Crippen LogP contribution in [-0.2, 0) is 0 Å². The third-order valence-corrected chi connectivity index (χ3v) is 1.99. The van der Waals surface area contributed by atoms with Crippen molar-refractivity contribution >= 4 is 28.2 Å². The van der Waals surface area contributed by atoms with E-state index in [0.717, 1.165) is 10.8 Å². The van der Waals surface area contributed by atoms with Crippen LogP contribution in [0.4, 0.5) is 5.82 Å². The Labute approximate surface area is 75.0 Å². The summed E-state index contributed by atoms with van der Waals surface area (Å²) in [6.07, 6.45) is 1.69. The molecule has 2 N–H and O–H groups in total. The van der Waals surface area contributed by atoms with E-state index in [2.05, 4.69) is 4.98 Å². The van der Waals surface area contributed by atoms with E-state index in [1.54, 1.807) is 6.20 Å². The van der Waals surface area contributed by atoms with Gasteiger partial charge in [-0.1, -0.05) is 17.7 Å². The van der Waals surface area contributed by atoms with Crippen molar-refractivity contribution in [2.75, 3.05) is 5.73 Å². The van der Waals surface area contributed by atoms with Gasteiger partial charge in [-0.05, 0) is 23.6 Å². The minimum atomic E-state index is 0.523. The zero-order valence-corrected chi connectivity index (χ0v) is 7.05. The van der Waals surface area contributed by atoms with Gasteiger partial charge in [0.25, 0.3) is 0 Å². The molecule has 0 atom stereocenters. The highest BCUT2D eigenvalue weighted by molar-refractivity contribution is 6.31. The molecule has 1 heterocycles. The second kappa shape index (κ2) is 2.64. The number of fused-ring (bicyclic) bond motifs is 1. The number of rotatable bonds is 0. The summed E-state index contributed by atoms with van der Waals surface area (Å²) in [6.45, 7) is 0. The first-order chi connectivity index (χ1) is 5.77. The van der Waals surface area contributed by atoms with Crippen LogP contribution in [0.2, 0.25) is 5.02 Å². The lowest BCUT2D eigenvalue weighted by Gasteiger charge is -1.99. The first kappa shape index (κ1) is 7.37. The zero-order chi connectivity index (χ0) is 8.55. The summed E-state index contributed by atoms with van der Waals surface area (Å²) in [5, 5.41) is 2.65. The fraction of sp³-hybridized carbons (Fsp3) is 0. The minimum absolute atomic E-state index is 0.523. The summed E-state index contributed by atoms with van der Waals surface area (Å²) in [5.41, 5.74) is 5.66. The number of nitrogens with zero attached hydrogens (tertiary/aromatic N) is 1. The van der Waals surface area contributed by atoms with Gasteiger partial charge in [0.05, 0.1) is 0 Å². The van der Waals surface area contributed by atoms with Crippen LogP contribution in [0.5, 0.6) is 0 Å². The number of aromatic nitrogens is 1. The van der Waals surface area contributed by atoms with Gasteiger partial charge in [-0.3, -0.25) is 0 Å². The number of benzene rings is 1. The van der Waals surface area contributed by atoms with Crippen molar-refractivity contribution in [2.24, 2.45) is 0 Å². The van der Waals surface area contributed by atoms with E-state index in [1.807, 2.05) is 24.3 Å². The van der Waals surface area contributed by atoms with E-state index in [-0.39, 0.29) is 0 Å². The summed E-state index contributed by atoms with van der Waals surface area (Å²) < 4.78 is 0. The van der Waals surface area contributed by atoms with Crippen LogP contribution in [0.1, 0.15) is 0 Å². The van der Waals surface area contributed by atoms with Gasteiger partial charge in [0.15, 0.2) is 0 Å². The van der Waals surface area contributed by atoms with Crippen molar-refractivity contribution in [3.8, 4) is 0 Å². The molecule has 2 rings (SSSR count). The van der Waals surface area contributed by atoms with Crippen LogP contribution in [0.3, 0.4) is 0 Å². The van der Waals surface area contributed by atoms with Gasteiger partial charge in [0.1, 0.15) is 5.82 Å². The fourth-order valence-electron chi connectivity index (χ4n) is 1.16. The minimum Gasteiger partial charge on any atom is -0.383 e. The molecular formula is C9H7ClN2. The van der Waals surface area contributed by atoms with Crippen molar-refractivity contribution in [3.63, 3.8) is 0 Å². The molecule has 0 saturated heterocycles. The Hall–Kier alpha value is -1.28. The standard InChI is InChI=1S/C9H7ClN2/c10-7-2-1-6-3-4-12-9(11)8(6)5-7/h1-5H,(H2,11,12). The molecule has 0 bridgehead atoms. The number of hydrogen-bond donors (Lipinski definition) is 1. The molecular weight excluding hydrogens is 172 g/mol. The molecule has 0 amide bonds. The van der Waals surface area contributed by atoms with Gasteiger partial charge in [0, 0.05) is 16.6 Å². The molecule has 0 aliphatic rings. The molecule has 12 heavy (non-hydrogen) atoms. The lowest BCUT2D eigenvalue weighted by Crippen LogP contribution is -1.89. The zero-order valence-electron chi connectivity index (χ0n) is 6.29. The second-order valence-electron chi connectivity index (χ2n) is 2.56. The van der Waals surface area contributed by atoms with Crippen molar-refractivity contribution in [1.29, 1.82) is 0 Å². The van der Waals surface area contributed by atoms with Gasteiger partial charge < -0.3 is 5.73 Å². The average Bonchev–Trinajstić information content (AvgIpc) is 2.07. The van der Waals surface area contributed by atoms with E-state index in [4.69, 9.17) is 17.3 Å². The van der Waals surface area contributed by atoms with Crippen LogP contribution in [0.25, 0.3) is 10.8 Å². The molecule has 60 valence electrons. The van der Waals surface area contributed by atoms with Crippen LogP contribution < -0.4 is 5.73 Å². The molecule has 1 aromatic heterocycles. The Morgan fingerprint density at radius 2 is 2.08 bits per heavy atom. The number of halogens is 1. The molecule has 0 saturated carbocycles. The quantitative estimate of drug-likeness (QED) is 0.673. The maximum atomic E-state index is 5.81. The fourth-order valence-corrected chi connectivity index (χ4v) is 1.34. The third-order valence-electron chi connectivity index (χ3n) is 1.76. The van der Waals surface area contributed by atoms with Crippen molar-refractivity contribution in [2.45, 2.75) is 0 Å². The highest BCUT2D eigenvalue weighted by Crippen LogP contribution is 2.22.